The van der Waals surface area contributed by atoms with E-state index in [2.05, 4.69) is 5.32 Å². The van der Waals surface area contributed by atoms with Crippen LogP contribution in [0.4, 0.5) is 0 Å². The van der Waals surface area contributed by atoms with Gasteiger partial charge in [-0.3, -0.25) is 0 Å². The van der Waals surface area contributed by atoms with Crippen LogP contribution in [0.2, 0.25) is 0 Å². The molecule has 0 heterocycles. The van der Waals surface area contributed by atoms with E-state index in [0.717, 1.165) is 24.5 Å². The molecular weight excluding hydrogens is 162 g/mol. The third-order valence-electron chi connectivity index (χ3n) is 3.81. The Morgan fingerprint density at radius 2 is 2.23 bits per heavy atom. The van der Waals surface area contributed by atoms with E-state index in [1.165, 1.54) is 38.6 Å². The van der Waals surface area contributed by atoms with Crippen molar-refractivity contribution < 1.29 is 10.1 Å². The van der Waals surface area contributed by atoms with Gasteiger partial charge in [-0.15, -0.1) is 0 Å². The van der Waals surface area contributed by atoms with Crippen LogP contribution in [0.3, 0.4) is 0 Å². The quantitative estimate of drug-likeness (QED) is 0.628. The molecule has 2 heteroatoms. The third-order valence-corrected chi connectivity index (χ3v) is 3.81. The van der Waals surface area contributed by atoms with Crippen molar-refractivity contribution in [3.8, 4) is 0 Å². The summed E-state index contributed by atoms with van der Waals surface area (Å²) in [4.78, 5) is 0. The molecule has 13 heavy (non-hydrogen) atoms. The number of methoxy groups -OCH3 is 1. The zero-order valence-corrected chi connectivity index (χ0v) is 8.67. The lowest BCUT2D eigenvalue weighted by molar-refractivity contribution is -0.695. The molecule has 0 saturated heterocycles. The second-order valence-electron chi connectivity index (χ2n) is 4.71. The van der Waals surface area contributed by atoms with Crippen molar-refractivity contribution in [2.75, 3.05) is 20.3 Å². The predicted octanol–water partition coefficient (Wildman–Crippen LogP) is 0.775. The van der Waals surface area contributed by atoms with Gasteiger partial charge in [-0.25, -0.2) is 0 Å². The van der Waals surface area contributed by atoms with Gasteiger partial charge in [-0.05, 0) is 25.2 Å². The summed E-state index contributed by atoms with van der Waals surface area (Å²) < 4.78 is 5.05. The summed E-state index contributed by atoms with van der Waals surface area (Å²) in [6, 6.07) is 0.968. The van der Waals surface area contributed by atoms with Gasteiger partial charge in [0.15, 0.2) is 0 Å². The molecule has 3 atom stereocenters. The van der Waals surface area contributed by atoms with Gasteiger partial charge in [0.05, 0.1) is 19.2 Å². The van der Waals surface area contributed by atoms with Gasteiger partial charge in [-0.1, -0.05) is 0 Å². The Hall–Kier alpha value is -0.0800. The van der Waals surface area contributed by atoms with Gasteiger partial charge in [0.2, 0.25) is 0 Å². The normalized spacial score (nSPS) is 37.2. The van der Waals surface area contributed by atoms with Gasteiger partial charge >= 0.3 is 0 Å². The lowest BCUT2D eigenvalue weighted by Crippen LogP contribution is -2.91. The molecule has 0 amide bonds. The Labute approximate surface area is 81.0 Å². The Morgan fingerprint density at radius 1 is 1.31 bits per heavy atom. The highest BCUT2D eigenvalue weighted by atomic mass is 16.5. The number of quaternary nitrogens is 1. The Kier molecular flexibility index (Phi) is 3.23. The molecule has 2 aliphatic carbocycles. The maximum atomic E-state index is 5.05. The minimum atomic E-state index is 0.928. The molecule has 2 bridgehead atoms. The van der Waals surface area contributed by atoms with Crippen molar-refractivity contribution >= 4 is 0 Å². The summed E-state index contributed by atoms with van der Waals surface area (Å²) >= 11 is 0. The van der Waals surface area contributed by atoms with Gasteiger partial charge < -0.3 is 10.1 Å². The molecule has 2 saturated carbocycles. The molecule has 2 rings (SSSR count). The van der Waals surface area contributed by atoms with Crippen LogP contribution in [0.25, 0.3) is 0 Å². The summed E-state index contributed by atoms with van der Waals surface area (Å²) in [5, 5.41) is 2.57. The molecule has 2 fully saturated rings. The van der Waals surface area contributed by atoms with Crippen LogP contribution in [-0.4, -0.2) is 26.3 Å². The van der Waals surface area contributed by atoms with Crippen LogP contribution in [0.1, 0.15) is 32.1 Å². The van der Waals surface area contributed by atoms with Crippen molar-refractivity contribution in [1.29, 1.82) is 0 Å². The van der Waals surface area contributed by atoms with E-state index in [1.54, 1.807) is 7.11 Å². The molecule has 2 aliphatic rings. The molecule has 76 valence electrons. The first-order valence-electron chi connectivity index (χ1n) is 5.72. The van der Waals surface area contributed by atoms with Crippen molar-refractivity contribution in [2.45, 2.75) is 38.1 Å². The number of rotatable bonds is 5. The fourth-order valence-electron chi connectivity index (χ4n) is 3.14. The van der Waals surface area contributed by atoms with E-state index in [4.69, 9.17) is 4.74 Å². The molecule has 2 nitrogen and oxygen atoms in total. The van der Waals surface area contributed by atoms with Gasteiger partial charge in [0, 0.05) is 25.9 Å². The first kappa shape index (κ1) is 9.47. The Morgan fingerprint density at radius 3 is 2.85 bits per heavy atom. The van der Waals surface area contributed by atoms with Crippen LogP contribution in [-0.2, 0) is 4.74 Å². The van der Waals surface area contributed by atoms with Crippen LogP contribution >= 0.6 is 0 Å². The molecule has 0 spiro atoms. The molecular formula is C11H22NO+. The molecule has 0 unspecified atom stereocenters. The Bertz CT molecular complexity index is 160. The largest absolute Gasteiger partial charge is 0.384 e. The van der Waals surface area contributed by atoms with Gasteiger partial charge in [0.25, 0.3) is 0 Å². The summed E-state index contributed by atoms with van der Waals surface area (Å²) in [6.45, 7) is 2.19. The molecule has 0 aliphatic heterocycles. The van der Waals surface area contributed by atoms with Crippen molar-refractivity contribution in [3.05, 3.63) is 0 Å². The molecule has 0 radical (unpaired) electrons. The highest BCUT2D eigenvalue weighted by Gasteiger charge is 2.41. The van der Waals surface area contributed by atoms with Crippen LogP contribution in [0.5, 0.6) is 0 Å². The van der Waals surface area contributed by atoms with E-state index >= 15 is 0 Å². The molecule has 0 aromatic rings. The zero-order valence-electron chi connectivity index (χ0n) is 8.67. The molecule has 0 aromatic heterocycles. The maximum absolute atomic E-state index is 5.05. The first-order valence-corrected chi connectivity index (χ1v) is 5.72. The SMILES string of the molecule is COCCC[NH2+][C@H]1C[C@H]2CC[C@@H]1C2. The summed E-state index contributed by atoms with van der Waals surface area (Å²) in [5.74, 6) is 2.15. The molecule has 2 N–H and O–H groups in total. The molecule has 0 aromatic carbocycles. The number of hydrogen-bond donors (Lipinski definition) is 1. The standard InChI is InChI=1S/C11H21NO/c1-13-6-2-5-12-11-8-9-3-4-10(11)7-9/h9-12H,2-8H2,1H3/p+1/t9-,10+,11-/m0/s1. The second kappa shape index (κ2) is 4.43. The van der Waals surface area contributed by atoms with Crippen molar-refractivity contribution in [3.63, 3.8) is 0 Å². The fourth-order valence-corrected chi connectivity index (χ4v) is 3.14. The second-order valence-corrected chi connectivity index (χ2v) is 4.71. The lowest BCUT2D eigenvalue weighted by Gasteiger charge is -2.19. The fraction of sp³-hybridized carbons (Fsp3) is 1.00. The highest BCUT2D eigenvalue weighted by Crippen LogP contribution is 2.42. The zero-order chi connectivity index (χ0) is 9.10. The average Bonchev–Trinajstić information content (AvgIpc) is 2.73. The van der Waals surface area contributed by atoms with Crippen LogP contribution in [0.15, 0.2) is 0 Å². The minimum absolute atomic E-state index is 0.928. The smallest absolute Gasteiger partial charge is 0.0890 e. The summed E-state index contributed by atoms with van der Waals surface area (Å²) in [5.41, 5.74) is 0. The number of ether oxygens (including phenoxy) is 1. The summed E-state index contributed by atoms with van der Waals surface area (Å²) in [7, 11) is 1.79. The summed E-state index contributed by atoms with van der Waals surface area (Å²) in [6.07, 6.45) is 7.27. The number of nitrogens with two attached hydrogens (primary N) is 1. The van der Waals surface area contributed by atoms with E-state index in [0.29, 0.717) is 0 Å². The van der Waals surface area contributed by atoms with Crippen LogP contribution < -0.4 is 5.32 Å². The van der Waals surface area contributed by atoms with E-state index < -0.39 is 0 Å². The lowest BCUT2D eigenvalue weighted by atomic mass is 9.95. The number of fused-ring (bicyclic) bond motifs is 2. The van der Waals surface area contributed by atoms with Crippen molar-refractivity contribution in [2.24, 2.45) is 11.8 Å². The predicted molar refractivity (Wildman–Crippen MR) is 52.5 cm³/mol. The average molecular weight is 184 g/mol. The highest BCUT2D eigenvalue weighted by molar-refractivity contribution is 4.89. The van der Waals surface area contributed by atoms with E-state index in [-0.39, 0.29) is 0 Å². The topological polar surface area (TPSA) is 25.8 Å². The Balaban J connectivity index is 1.60. The third kappa shape index (κ3) is 2.23. The van der Waals surface area contributed by atoms with Gasteiger partial charge in [0.1, 0.15) is 0 Å². The van der Waals surface area contributed by atoms with E-state index in [9.17, 15) is 0 Å². The van der Waals surface area contributed by atoms with E-state index in [1.807, 2.05) is 0 Å². The monoisotopic (exact) mass is 184 g/mol. The maximum Gasteiger partial charge on any atom is 0.0890 e. The number of hydrogen-bond acceptors (Lipinski definition) is 1. The van der Waals surface area contributed by atoms with Gasteiger partial charge in [-0.2, -0.15) is 0 Å². The van der Waals surface area contributed by atoms with Crippen molar-refractivity contribution in [1.82, 2.24) is 0 Å². The minimum Gasteiger partial charge on any atom is -0.384 e. The van der Waals surface area contributed by atoms with Crippen LogP contribution in [0, 0.1) is 11.8 Å². The first-order chi connectivity index (χ1) is 6.40.